The molecular weight excluding hydrogens is 194 g/mol. The largest absolute Gasteiger partial charge is 0.371 e. The fourth-order valence-electron chi connectivity index (χ4n) is 2.64. The van der Waals surface area contributed by atoms with E-state index in [1.807, 2.05) is 0 Å². The molecule has 1 aliphatic rings. The number of anilines is 1. The van der Waals surface area contributed by atoms with Gasteiger partial charge in [0, 0.05) is 18.8 Å². The van der Waals surface area contributed by atoms with Crippen LogP contribution in [0, 0.1) is 19.8 Å². The fraction of sp³-hybridized carbons (Fsp3) is 0.600. The van der Waals surface area contributed by atoms with Gasteiger partial charge in [-0.25, -0.2) is 0 Å². The topological polar surface area (TPSA) is 3.24 Å². The minimum absolute atomic E-state index is 0.960. The van der Waals surface area contributed by atoms with E-state index in [2.05, 4.69) is 43.9 Å². The zero-order chi connectivity index (χ0) is 11.5. The SMILES string of the molecule is CCC1CCN(c2cc(C)ccc2C)CC1. The highest BCUT2D eigenvalue weighted by Gasteiger charge is 2.18. The smallest absolute Gasteiger partial charge is 0.0398 e. The molecule has 0 atom stereocenters. The van der Waals surface area contributed by atoms with Crippen LogP contribution in [0.4, 0.5) is 5.69 Å². The van der Waals surface area contributed by atoms with E-state index >= 15 is 0 Å². The molecule has 88 valence electrons. The van der Waals surface area contributed by atoms with Crippen LogP contribution in [-0.2, 0) is 0 Å². The number of piperidine rings is 1. The van der Waals surface area contributed by atoms with Gasteiger partial charge in [-0.3, -0.25) is 0 Å². The highest BCUT2D eigenvalue weighted by molar-refractivity contribution is 5.55. The Labute approximate surface area is 99.5 Å². The fourth-order valence-corrected chi connectivity index (χ4v) is 2.64. The second-order valence-corrected chi connectivity index (χ2v) is 5.13. The lowest BCUT2D eigenvalue weighted by Gasteiger charge is -2.34. The van der Waals surface area contributed by atoms with Crippen molar-refractivity contribution in [3.05, 3.63) is 29.3 Å². The third-order valence-electron chi connectivity index (χ3n) is 3.90. The molecule has 1 fully saturated rings. The van der Waals surface area contributed by atoms with E-state index in [-0.39, 0.29) is 0 Å². The molecule has 0 radical (unpaired) electrons. The predicted molar refractivity (Wildman–Crippen MR) is 71.1 cm³/mol. The van der Waals surface area contributed by atoms with Crippen molar-refractivity contribution in [3.8, 4) is 0 Å². The molecule has 2 rings (SSSR count). The molecule has 0 bridgehead atoms. The number of benzene rings is 1. The van der Waals surface area contributed by atoms with E-state index in [1.54, 1.807) is 0 Å². The molecule has 1 heteroatoms. The lowest BCUT2D eigenvalue weighted by atomic mass is 9.93. The molecule has 0 saturated carbocycles. The van der Waals surface area contributed by atoms with Gasteiger partial charge in [-0.1, -0.05) is 25.5 Å². The van der Waals surface area contributed by atoms with E-state index in [4.69, 9.17) is 0 Å². The molecule has 16 heavy (non-hydrogen) atoms. The molecule has 0 amide bonds. The third kappa shape index (κ3) is 2.40. The lowest BCUT2D eigenvalue weighted by Crippen LogP contribution is -2.33. The van der Waals surface area contributed by atoms with Gasteiger partial charge in [0.2, 0.25) is 0 Å². The molecule has 1 aromatic rings. The van der Waals surface area contributed by atoms with Crippen molar-refractivity contribution in [3.63, 3.8) is 0 Å². The average molecular weight is 217 g/mol. The normalized spacial score (nSPS) is 17.8. The Kier molecular flexibility index (Phi) is 3.52. The van der Waals surface area contributed by atoms with Gasteiger partial charge >= 0.3 is 0 Å². The first kappa shape index (κ1) is 11.5. The van der Waals surface area contributed by atoms with E-state index in [9.17, 15) is 0 Å². The first-order chi connectivity index (χ1) is 7.70. The van der Waals surface area contributed by atoms with Gasteiger partial charge < -0.3 is 4.90 Å². The summed E-state index contributed by atoms with van der Waals surface area (Å²) in [5, 5.41) is 0. The Balaban J connectivity index is 2.10. The monoisotopic (exact) mass is 217 g/mol. The van der Waals surface area contributed by atoms with Crippen molar-refractivity contribution >= 4 is 5.69 Å². The van der Waals surface area contributed by atoms with Crippen LogP contribution in [0.25, 0.3) is 0 Å². The summed E-state index contributed by atoms with van der Waals surface area (Å²) >= 11 is 0. The highest BCUT2D eigenvalue weighted by Crippen LogP contribution is 2.27. The summed E-state index contributed by atoms with van der Waals surface area (Å²) in [4.78, 5) is 2.56. The van der Waals surface area contributed by atoms with Crippen molar-refractivity contribution in [1.82, 2.24) is 0 Å². The maximum atomic E-state index is 2.56. The summed E-state index contributed by atoms with van der Waals surface area (Å²) in [5.74, 6) is 0.960. The van der Waals surface area contributed by atoms with Crippen LogP contribution in [0.1, 0.15) is 37.3 Å². The molecule has 0 spiro atoms. The Hall–Kier alpha value is -0.980. The molecule has 1 aromatic carbocycles. The van der Waals surface area contributed by atoms with Crippen LogP contribution < -0.4 is 4.90 Å². The van der Waals surface area contributed by atoms with Gasteiger partial charge in [-0.05, 0) is 49.8 Å². The van der Waals surface area contributed by atoms with E-state index in [0.717, 1.165) is 5.92 Å². The van der Waals surface area contributed by atoms with Crippen LogP contribution in [0.15, 0.2) is 18.2 Å². The van der Waals surface area contributed by atoms with E-state index in [0.29, 0.717) is 0 Å². The molecular formula is C15H23N. The Morgan fingerprint density at radius 1 is 1.19 bits per heavy atom. The molecule has 1 nitrogen and oxygen atoms in total. The third-order valence-corrected chi connectivity index (χ3v) is 3.90. The van der Waals surface area contributed by atoms with Gasteiger partial charge in [0.25, 0.3) is 0 Å². The second kappa shape index (κ2) is 4.90. The van der Waals surface area contributed by atoms with Crippen molar-refractivity contribution in [2.45, 2.75) is 40.0 Å². The lowest BCUT2D eigenvalue weighted by molar-refractivity contribution is 0.395. The number of hydrogen-bond donors (Lipinski definition) is 0. The van der Waals surface area contributed by atoms with Crippen molar-refractivity contribution in [2.24, 2.45) is 5.92 Å². The summed E-state index contributed by atoms with van der Waals surface area (Å²) in [6, 6.07) is 6.79. The van der Waals surface area contributed by atoms with E-state index in [1.165, 1.54) is 49.2 Å². The summed E-state index contributed by atoms with van der Waals surface area (Å²) in [7, 11) is 0. The van der Waals surface area contributed by atoms with Crippen molar-refractivity contribution < 1.29 is 0 Å². The number of aryl methyl sites for hydroxylation is 2. The van der Waals surface area contributed by atoms with Crippen LogP contribution >= 0.6 is 0 Å². The van der Waals surface area contributed by atoms with Crippen LogP contribution in [0.5, 0.6) is 0 Å². The van der Waals surface area contributed by atoms with Gasteiger partial charge in [0.1, 0.15) is 0 Å². The van der Waals surface area contributed by atoms with Crippen LogP contribution in [0.3, 0.4) is 0 Å². The van der Waals surface area contributed by atoms with Gasteiger partial charge in [-0.15, -0.1) is 0 Å². The Morgan fingerprint density at radius 2 is 1.88 bits per heavy atom. The molecule has 1 aliphatic heterocycles. The van der Waals surface area contributed by atoms with Crippen LogP contribution in [0.2, 0.25) is 0 Å². The van der Waals surface area contributed by atoms with Gasteiger partial charge in [-0.2, -0.15) is 0 Å². The summed E-state index contributed by atoms with van der Waals surface area (Å²) < 4.78 is 0. The first-order valence-corrected chi connectivity index (χ1v) is 6.53. The second-order valence-electron chi connectivity index (χ2n) is 5.13. The maximum absolute atomic E-state index is 2.56. The van der Waals surface area contributed by atoms with Crippen LogP contribution in [-0.4, -0.2) is 13.1 Å². The quantitative estimate of drug-likeness (QED) is 0.725. The molecule has 0 N–H and O–H groups in total. The minimum atomic E-state index is 0.960. The standard InChI is InChI=1S/C15H23N/c1-4-14-7-9-16(10-8-14)15-11-12(2)5-6-13(15)3/h5-6,11,14H,4,7-10H2,1-3H3. The molecule has 1 saturated heterocycles. The zero-order valence-corrected chi connectivity index (χ0v) is 10.8. The van der Waals surface area contributed by atoms with E-state index < -0.39 is 0 Å². The van der Waals surface area contributed by atoms with Crippen molar-refractivity contribution in [1.29, 1.82) is 0 Å². The molecule has 0 unspecified atom stereocenters. The predicted octanol–water partition coefficient (Wildman–Crippen LogP) is 3.93. The maximum Gasteiger partial charge on any atom is 0.0398 e. The minimum Gasteiger partial charge on any atom is -0.371 e. The Morgan fingerprint density at radius 3 is 2.50 bits per heavy atom. The van der Waals surface area contributed by atoms with Gasteiger partial charge in [0.05, 0.1) is 0 Å². The average Bonchev–Trinajstić information content (AvgIpc) is 2.32. The number of rotatable bonds is 2. The summed E-state index contributed by atoms with van der Waals surface area (Å²) in [5.41, 5.74) is 4.24. The zero-order valence-electron chi connectivity index (χ0n) is 10.8. The first-order valence-electron chi connectivity index (χ1n) is 6.53. The number of nitrogens with zero attached hydrogens (tertiary/aromatic N) is 1. The highest BCUT2D eigenvalue weighted by atomic mass is 15.1. The molecule has 0 aromatic heterocycles. The number of hydrogen-bond acceptors (Lipinski definition) is 1. The Bertz CT molecular complexity index is 348. The van der Waals surface area contributed by atoms with Gasteiger partial charge in [0.15, 0.2) is 0 Å². The summed E-state index contributed by atoms with van der Waals surface area (Å²) in [6.07, 6.45) is 4.08. The molecule has 0 aliphatic carbocycles. The summed E-state index contributed by atoms with van der Waals surface area (Å²) in [6.45, 7) is 9.20. The molecule has 1 heterocycles. The van der Waals surface area contributed by atoms with Crippen molar-refractivity contribution in [2.75, 3.05) is 18.0 Å².